The SMILES string of the molecule is Cc1nc(CNCC(CN)C(C)C)no1. The van der Waals surface area contributed by atoms with Gasteiger partial charge in [-0.25, -0.2) is 0 Å². The van der Waals surface area contributed by atoms with Crippen molar-refractivity contribution in [3.8, 4) is 0 Å². The quantitative estimate of drug-likeness (QED) is 0.725. The molecular formula is C10H20N4O. The molecule has 86 valence electrons. The molecule has 1 unspecified atom stereocenters. The van der Waals surface area contributed by atoms with Crippen LogP contribution in [-0.2, 0) is 6.54 Å². The zero-order valence-corrected chi connectivity index (χ0v) is 9.66. The summed E-state index contributed by atoms with van der Waals surface area (Å²) in [6.07, 6.45) is 0. The summed E-state index contributed by atoms with van der Waals surface area (Å²) in [4.78, 5) is 4.11. The fraction of sp³-hybridized carbons (Fsp3) is 0.800. The average molecular weight is 212 g/mol. The number of nitrogens with zero attached hydrogens (tertiary/aromatic N) is 2. The number of hydrogen-bond acceptors (Lipinski definition) is 5. The summed E-state index contributed by atoms with van der Waals surface area (Å²) in [6.45, 7) is 8.38. The van der Waals surface area contributed by atoms with Gasteiger partial charge in [0, 0.05) is 6.92 Å². The van der Waals surface area contributed by atoms with E-state index in [1.165, 1.54) is 0 Å². The van der Waals surface area contributed by atoms with Crippen molar-refractivity contribution in [3.63, 3.8) is 0 Å². The zero-order chi connectivity index (χ0) is 11.3. The van der Waals surface area contributed by atoms with Crippen LogP contribution >= 0.6 is 0 Å². The smallest absolute Gasteiger partial charge is 0.223 e. The van der Waals surface area contributed by atoms with Gasteiger partial charge in [-0.15, -0.1) is 0 Å². The molecule has 0 aliphatic rings. The Balaban J connectivity index is 2.26. The molecule has 1 aromatic heterocycles. The van der Waals surface area contributed by atoms with Crippen LogP contribution in [0, 0.1) is 18.8 Å². The van der Waals surface area contributed by atoms with Crippen LogP contribution in [0.1, 0.15) is 25.6 Å². The van der Waals surface area contributed by atoms with Crippen molar-refractivity contribution in [2.75, 3.05) is 13.1 Å². The summed E-state index contributed by atoms with van der Waals surface area (Å²) >= 11 is 0. The molecule has 1 heterocycles. The van der Waals surface area contributed by atoms with E-state index in [9.17, 15) is 0 Å². The van der Waals surface area contributed by atoms with Gasteiger partial charge in [0.25, 0.3) is 0 Å². The number of rotatable bonds is 6. The number of hydrogen-bond donors (Lipinski definition) is 2. The van der Waals surface area contributed by atoms with E-state index in [1.54, 1.807) is 6.92 Å². The van der Waals surface area contributed by atoms with Gasteiger partial charge >= 0.3 is 0 Å². The highest BCUT2D eigenvalue weighted by molar-refractivity contribution is 4.83. The fourth-order valence-corrected chi connectivity index (χ4v) is 1.37. The van der Waals surface area contributed by atoms with Crippen LogP contribution in [0.25, 0.3) is 0 Å². The molecule has 5 nitrogen and oxygen atoms in total. The first kappa shape index (κ1) is 12.1. The second kappa shape index (κ2) is 5.82. The number of aromatic nitrogens is 2. The Morgan fingerprint density at radius 2 is 2.20 bits per heavy atom. The van der Waals surface area contributed by atoms with E-state index in [0.29, 0.717) is 36.6 Å². The fourth-order valence-electron chi connectivity index (χ4n) is 1.37. The Morgan fingerprint density at radius 1 is 1.47 bits per heavy atom. The number of nitrogens with two attached hydrogens (primary N) is 1. The highest BCUT2D eigenvalue weighted by atomic mass is 16.5. The molecule has 0 radical (unpaired) electrons. The molecule has 5 heteroatoms. The summed E-state index contributed by atoms with van der Waals surface area (Å²) < 4.78 is 4.87. The van der Waals surface area contributed by atoms with Gasteiger partial charge in [-0.1, -0.05) is 19.0 Å². The largest absolute Gasteiger partial charge is 0.340 e. The molecule has 0 amide bonds. The zero-order valence-electron chi connectivity index (χ0n) is 9.66. The second-order valence-electron chi connectivity index (χ2n) is 4.10. The van der Waals surface area contributed by atoms with E-state index < -0.39 is 0 Å². The van der Waals surface area contributed by atoms with E-state index in [-0.39, 0.29) is 0 Å². The van der Waals surface area contributed by atoms with Crippen molar-refractivity contribution in [3.05, 3.63) is 11.7 Å². The van der Waals surface area contributed by atoms with E-state index in [2.05, 4.69) is 29.3 Å². The standard InChI is InChI=1S/C10H20N4O/c1-7(2)9(4-11)5-12-6-10-13-8(3)15-14-10/h7,9,12H,4-6,11H2,1-3H3. The lowest BCUT2D eigenvalue weighted by molar-refractivity contribution is 0.361. The molecule has 0 saturated carbocycles. The molecule has 3 N–H and O–H groups in total. The third-order valence-electron chi connectivity index (χ3n) is 2.50. The van der Waals surface area contributed by atoms with Gasteiger partial charge in [0.2, 0.25) is 5.89 Å². The number of nitrogens with one attached hydrogen (secondary N) is 1. The first-order chi connectivity index (χ1) is 7.13. The van der Waals surface area contributed by atoms with Crippen molar-refractivity contribution in [1.82, 2.24) is 15.5 Å². The maximum Gasteiger partial charge on any atom is 0.223 e. The van der Waals surface area contributed by atoms with Crippen LogP contribution in [0.15, 0.2) is 4.52 Å². The van der Waals surface area contributed by atoms with Crippen molar-refractivity contribution in [2.24, 2.45) is 17.6 Å². The van der Waals surface area contributed by atoms with Crippen LogP contribution in [-0.4, -0.2) is 23.2 Å². The predicted octanol–water partition coefficient (Wildman–Crippen LogP) is 0.699. The Kier molecular flexibility index (Phi) is 4.71. The summed E-state index contributed by atoms with van der Waals surface area (Å²) in [7, 11) is 0. The minimum atomic E-state index is 0.498. The highest BCUT2D eigenvalue weighted by Crippen LogP contribution is 2.07. The van der Waals surface area contributed by atoms with Gasteiger partial charge < -0.3 is 15.6 Å². The van der Waals surface area contributed by atoms with Crippen molar-refractivity contribution in [1.29, 1.82) is 0 Å². The molecule has 0 bridgehead atoms. The summed E-state index contributed by atoms with van der Waals surface area (Å²) in [5.41, 5.74) is 5.67. The van der Waals surface area contributed by atoms with E-state index >= 15 is 0 Å². The van der Waals surface area contributed by atoms with Crippen molar-refractivity contribution >= 4 is 0 Å². The first-order valence-corrected chi connectivity index (χ1v) is 5.33. The van der Waals surface area contributed by atoms with Crippen molar-refractivity contribution < 1.29 is 4.52 Å². The first-order valence-electron chi connectivity index (χ1n) is 5.33. The molecule has 0 spiro atoms. The van der Waals surface area contributed by atoms with E-state index in [0.717, 1.165) is 6.54 Å². The molecule has 1 atom stereocenters. The maximum absolute atomic E-state index is 5.67. The topological polar surface area (TPSA) is 77.0 Å². The minimum absolute atomic E-state index is 0.498. The third-order valence-corrected chi connectivity index (χ3v) is 2.50. The lowest BCUT2D eigenvalue weighted by atomic mass is 9.96. The minimum Gasteiger partial charge on any atom is -0.340 e. The van der Waals surface area contributed by atoms with Gasteiger partial charge in [-0.2, -0.15) is 4.98 Å². The Morgan fingerprint density at radius 3 is 2.67 bits per heavy atom. The third kappa shape index (κ3) is 3.97. The molecular weight excluding hydrogens is 192 g/mol. The highest BCUT2D eigenvalue weighted by Gasteiger charge is 2.11. The predicted molar refractivity (Wildman–Crippen MR) is 58.1 cm³/mol. The van der Waals surface area contributed by atoms with Crippen LogP contribution in [0.2, 0.25) is 0 Å². The normalized spacial score (nSPS) is 13.4. The van der Waals surface area contributed by atoms with Crippen LogP contribution < -0.4 is 11.1 Å². The molecule has 0 fully saturated rings. The van der Waals surface area contributed by atoms with E-state index in [4.69, 9.17) is 10.3 Å². The van der Waals surface area contributed by atoms with Gasteiger partial charge in [-0.05, 0) is 24.9 Å². The molecule has 15 heavy (non-hydrogen) atoms. The summed E-state index contributed by atoms with van der Waals surface area (Å²) in [6, 6.07) is 0. The maximum atomic E-state index is 5.67. The summed E-state index contributed by atoms with van der Waals surface area (Å²) in [5.74, 6) is 2.39. The Labute approximate surface area is 90.4 Å². The average Bonchev–Trinajstić information content (AvgIpc) is 2.58. The lowest BCUT2D eigenvalue weighted by Crippen LogP contribution is -2.31. The molecule has 1 rings (SSSR count). The second-order valence-corrected chi connectivity index (χ2v) is 4.10. The van der Waals surface area contributed by atoms with Crippen LogP contribution in [0.4, 0.5) is 0 Å². The molecule has 1 aromatic rings. The Hall–Kier alpha value is -0.940. The summed E-state index contributed by atoms with van der Waals surface area (Å²) in [5, 5.41) is 7.09. The van der Waals surface area contributed by atoms with E-state index in [1.807, 2.05) is 0 Å². The molecule has 0 aliphatic carbocycles. The van der Waals surface area contributed by atoms with Crippen LogP contribution in [0.5, 0.6) is 0 Å². The Bertz CT molecular complexity index is 285. The van der Waals surface area contributed by atoms with Crippen LogP contribution in [0.3, 0.4) is 0 Å². The molecule has 0 aromatic carbocycles. The van der Waals surface area contributed by atoms with Gasteiger partial charge in [0.05, 0.1) is 6.54 Å². The molecule has 0 aliphatic heterocycles. The lowest BCUT2D eigenvalue weighted by Gasteiger charge is -2.18. The number of aryl methyl sites for hydroxylation is 1. The van der Waals surface area contributed by atoms with Gasteiger partial charge in [-0.3, -0.25) is 0 Å². The van der Waals surface area contributed by atoms with Gasteiger partial charge in [0.1, 0.15) is 0 Å². The van der Waals surface area contributed by atoms with Gasteiger partial charge in [0.15, 0.2) is 5.82 Å². The molecule has 0 saturated heterocycles. The monoisotopic (exact) mass is 212 g/mol. The van der Waals surface area contributed by atoms with Crippen molar-refractivity contribution in [2.45, 2.75) is 27.3 Å².